The van der Waals surface area contributed by atoms with Crippen molar-refractivity contribution in [2.45, 2.75) is 4.81 Å². The third-order valence-corrected chi connectivity index (χ3v) is 0.874. The lowest BCUT2D eigenvalue weighted by Crippen LogP contribution is -1.95. The predicted molar refractivity (Wildman–Crippen MR) is 26.4 cm³/mol. The zero-order valence-electron chi connectivity index (χ0n) is 3.54. The van der Waals surface area contributed by atoms with Crippen molar-refractivity contribution in [3.63, 3.8) is 0 Å². The van der Waals surface area contributed by atoms with Gasteiger partial charge >= 0.3 is 0 Å². The highest BCUT2D eigenvalue weighted by molar-refractivity contribution is 6.75. The Kier molecular flexibility index (Phi) is 2.09. The average molecular weight is 148 g/mol. The Morgan fingerprint density at radius 3 is 2.00 bits per heavy atom. The molecule has 0 fully saturated rings. The summed E-state index contributed by atoms with van der Waals surface area (Å²) in [5.41, 5.74) is 0. The molecule has 0 atom stereocenters. The van der Waals surface area contributed by atoms with Crippen molar-refractivity contribution in [1.29, 1.82) is 0 Å². The molecular formula is C2HCl3O. The quantitative estimate of drug-likeness (QED) is 0.407. The third kappa shape index (κ3) is 2.76. The number of rotatable bonds is 1. The Morgan fingerprint density at radius 2 is 2.00 bits per heavy atom. The van der Waals surface area contributed by atoms with Crippen LogP contribution in [0.1, 0.15) is 1.37 Å². The summed E-state index contributed by atoms with van der Waals surface area (Å²) >= 11 is 14.3. The second kappa shape index (κ2) is 2.67. The number of carbonyl (C=O) groups is 1. The van der Waals surface area contributed by atoms with E-state index in [0.717, 1.165) is 0 Å². The van der Waals surface area contributed by atoms with E-state index in [9.17, 15) is 4.79 Å². The molecule has 0 saturated heterocycles. The zero-order valence-corrected chi connectivity index (χ0v) is 4.81. The van der Waals surface area contributed by atoms with E-state index in [2.05, 4.69) is 11.6 Å². The maximum absolute atomic E-state index is 9.78. The largest absolute Gasteiger partial charge is 0.278 e. The molecule has 0 aliphatic carbocycles. The van der Waals surface area contributed by atoms with Gasteiger partial charge in [0.1, 0.15) is 0 Å². The molecule has 0 rings (SSSR count). The van der Waals surface area contributed by atoms with Crippen LogP contribution < -0.4 is 0 Å². The van der Waals surface area contributed by atoms with E-state index in [-0.39, 0.29) is 0 Å². The summed E-state index contributed by atoms with van der Waals surface area (Å²) in [7, 11) is 0. The van der Waals surface area contributed by atoms with Crippen molar-refractivity contribution in [1.82, 2.24) is 0 Å². The zero-order chi connectivity index (χ0) is 6.08. The van der Waals surface area contributed by atoms with E-state index in [0.29, 0.717) is 0 Å². The summed E-state index contributed by atoms with van der Waals surface area (Å²) in [4.78, 5) is 7.60. The molecule has 0 N–H and O–H groups in total. The van der Waals surface area contributed by atoms with Crippen LogP contribution in [0.4, 0.5) is 0 Å². The van der Waals surface area contributed by atoms with Crippen LogP contribution >= 0.6 is 34.8 Å². The van der Waals surface area contributed by atoms with E-state index < -0.39 is 10.1 Å². The summed E-state index contributed by atoms with van der Waals surface area (Å²) in [5, 5.41) is -1.09. The first kappa shape index (κ1) is 4.69. The van der Waals surface area contributed by atoms with E-state index in [1.807, 2.05) is 0 Å². The fraction of sp³-hybridized carbons (Fsp3) is 0.500. The van der Waals surface area contributed by atoms with E-state index in [1.54, 1.807) is 0 Å². The Morgan fingerprint density at radius 1 is 1.83 bits per heavy atom. The second-order valence-electron chi connectivity index (χ2n) is 0.534. The Labute approximate surface area is 51.6 Å². The molecule has 1 nitrogen and oxygen atoms in total. The molecule has 0 aromatic carbocycles. The van der Waals surface area contributed by atoms with E-state index in [4.69, 9.17) is 24.6 Å². The van der Waals surface area contributed by atoms with Crippen LogP contribution in [-0.4, -0.2) is 10.1 Å². The molecule has 0 aliphatic heterocycles. The summed E-state index contributed by atoms with van der Waals surface area (Å²) in [6, 6.07) is 0. The van der Waals surface area contributed by atoms with Crippen molar-refractivity contribution in [3.05, 3.63) is 0 Å². The van der Waals surface area contributed by atoms with Crippen LogP contribution in [0.25, 0.3) is 0 Å². The second-order valence-corrected chi connectivity index (χ2v) is 1.83. The molecule has 0 unspecified atom stereocenters. The summed E-state index contributed by atoms with van der Waals surface area (Å²) < 4.78 is 6.44. The highest BCUT2D eigenvalue weighted by Gasteiger charge is 2.04. The van der Waals surface area contributed by atoms with Gasteiger partial charge in [0.05, 0.1) is 1.37 Å². The maximum Gasteiger partial charge on any atom is 0.254 e. The summed E-state index contributed by atoms with van der Waals surface area (Å²) in [6.07, 6.45) is 0. The van der Waals surface area contributed by atoms with E-state index >= 15 is 0 Å². The Bertz CT molecular complexity index is 85.4. The number of hydrogen-bond acceptors (Lipinski definition) is 1. The molecule has 0 aromatic rings. The number of alkyl halides is 2. The molecule has 36 valence electrons. The monoisotopic (exact) mass is 147 g/mol. The number of halogens is 3. The van der Waals surface area contributed by atoms with Crippen molar-refractivity contribution in [2.24, 2.45) is 0 Å². The van der Waals surface area contributed by atoms with Gasteiger partial charge in [-0.3, -0.25) is 4.79 Å². The van der Waals surface area contributed by atoms with Crippen LogP contribution in [-0.2, 0) is 4.79 Å². The minimum atomic E-state index is -2.18. The summed E-state index contributed by atoms with van der Waals surface area (Å²) in [6.45, 7) is 0. The Balaban J connectivity index is 3.79. The summed E-state index contributed by atoms with van der Waals surface area (Å²) in [5.74, 6) is 0. The van der Waals surface area contributed by atoms with Crippen molar-refractivity contribution < 1.29 is 6.17 Å². The smallest absolute Gasteiger partial charge is 0.254 e. The molecule has 0 amide bonds. The average Bonchev–Trinajstić information content (AvgIpc) is 1.31. The van der Waals surface area contributed by atoms with Crippen molar-refractivity contribution in [2.75, 3.05) is 0 Å². The predicted octanol–water partition coefficient (Wildman–Crippen LogP) is 1.56. The molecule has 0 aromatic heterocycles. The normalized spacial score (nSPS) is 13.5. The minimum Gasteiger partial charge on any atom is -0.278 e. The molecular weight excluding hydrogens is 146 g/mol. The van der Waals surface area contributed by atoms with Gasteiger partial charge in [0.2, 0.25) is 0 Å². The van der Waals surface area contributed by atoms with Crippen molar-refractivity contribution >= 4 is 40.0 Å². The fourth-order valence-electron chi connectivity index (χ4n) is 0. The SMILES string of the molecule is [2H]C(Cl)(Cl)C(=O)Cl. The lowest BCUT2D eigenvalue weighted by atomic mass is 10.9. The highest BCUT2D eigenvalue weighted by atomic mass is 35.5. The van der Waals surface area contributed by atoms with Gasteiger partial charge in [0.15, 0.2) is 4.81 Å². The molecule has 0 heterocycles. The lowest BCUT2D eigenvalue weighted by Gasteiger charge is -1.82. The third-order valence-electron chi connectivity index (χ3n) is 0.149. The van der Waals surface area contributed by atoms with Crippen LogP contribution in [0.5, 0.6) is 0 Å². The van der Waals surface area contributed by atoms with Gasteiger partial charge in [0.25, 0.3) is 5.24 Å². The van der Waals surface area contributed by atoms with Crippen LogP contribution in [0.15, 0.2) is 0 Å². The minimum absolute atomic E-state index is 1.09. The standard InChI is InChI=1S/C2HCl3O/c3-1(4)2(5)6/h1H/i1D. The fourth-order valence-corrected chi connectivity index (χ4v) is 0. The van der Waals surface area contributed by atoms with Gasteiger partial charge in [-0.15, -0.1) is 0 Å². The first-order valence-corrected chi connectivity index (χ1v) is 2.15. The van der Waals surface area contributed by atoms with Gasteiger partial charge in [-0.05, 0) is 11.6 Å². The van der Waals surface area contributed by atoms with Crippen LogP contribution in [0.2, 0.25) is 0 Å². The van der Waals surface area contributed by atoms with Gasteiger partial charge in [-0.25, -0.2) is 0 Å². The van der Waals surface area contributed by atoms with E-state index in [1.165, 1.54) is 0 Å². The van der Waals surface area contributed by atoms with Gasteiger partial charge in [-0.1, -0.05) is 23.2 Å². The molecule has 6 heavy (non-hydrogen) atoms. The van der Waals surface area contributed by atoms with Crippen LogP contribution in [0, 0.1) is 0 Å². The topological polar surface area (TPSA) is 17.1 Å². The van der Waals surface area contributed by atoms with Crippen LogP contribution in [0.3, 0.4) is 0 Å². The van der Waals surface area contributed by atoms with Gasteiger partial charge < -0.3 is 0 Å². The molecule has 0 spiro atoms. The molecule has 0 saturated carbocycles. The highest BCUT2D eigenvalue weighted by Crippen LogP contribution is 2.03. The first-order valence-electron chi connectivity index (χ1n) is 1.52. The number of hydrogen-bond donors (Lipinski definition) is 0. The molecule has 0 bridgehead atoms. The lowest BCUT2D eigenvalue weighted by molar-refractivity contribution is -0.110. The van der Waals surface area contributed by atoms with Gasteiger partial charge in [-0.2, -0.15) is 0 Å². The van der Waals surface area contributed by atoms with Gasteiger partial charge in [0, 0.05) is 0 Å². The first-order chi connectivity index (χ1) is 2.94. The molecule has 0 aliphatic rings. The van der Waals surface area contributed by atoms with Crippen molar-refractivity contribution in [3.8, 4) is 0 Å². The molecule has 0 radical (unpaired) electrons. The number of carbonyl (C=O) groups excluding carboxylic acids is 1. The Hall–Kier alpha value is 0.540. The molecule has 4 heteroatoms. The maximum atomic E-state index is 9.78.